The molecule has 1 fully saturated rings. The molecule has 0 spiro atoms. The Bertz CT molecular complexity index is 634. The van der Waals surface area contributed by atoms with Crippen LogP contribution in [-0.4, -0.2) is 57.2 Å². The van der Waals surface area contributed by atoms with Crippen molar-refractivity contribution in [3.05, 3.63) is 30.3 Å². The first-order valence-electron chi connectivity index (χ1n) is 7.49. The molecular formula is C15H20N6O. The number of carbonyl (C=O) groups is 1. The van der Waals surface area contributed by atoms with Crippen molar-refractivity contribution in [1.29, 1.82) is 0 Å². The molecule has 1 aliphatic heterocycles. The van der Waals surface area contributed by atoms with E-state index in [1.54, 1.807) is 11.8 Å². The van der Waals surface area contributed by atoms with Crippen LogP contribution in [0.25, 0.3) is 11.4 Å². The van der Waals surface area contributed by atoms with Crippen LogP contribution in [0.2, 0.25) is 0 Å². The summed E-state index contributed by atoms with van der Waals surface area (Å²) in [5.74, 6) is 0.538. The molecule has 1 aliphatic rings. The molecule has 7 heteroatoms. The number of likely N-dealkylation sites (N-methyl/N-ethyl adjacent to an activating group) is 1. The lowest BCUT2D eigenvalue weighted by Crippen LogP contribution is -2.42. The molecule has 0 saturated carbocycles. The first-order valence-corrected chi connectivity index (χ1v) is 7.49. The summed E-state index contributed by atoms with van der Waals surface area (Å²) >= 11 is 0. The largest absolute Gasteiger partial charge is 0.340 e. The van der Waals surface area contributed by atoms with Gasteiger partial charge in [0.05, 0.1) is 0 Å². The molecule has 1 saturated heterocycles. The summed E-state index contributed by atoms with van der Waals surface area (Å²) < 4.78 is 0. The molecule has 1 N–H and O–H groups in total. The molecule has 7 nitrogen and oxygen atoms in total. The van der Waals surface area contributed by atoms with Crippen molar-refractivity contribution < 1.29 is 4.79 Å². The van der Waals surface area contributed by atoms with E-state index in [4.69, 9.17) is 0 Å². The summed E-state index contributed by atoms with van der Waals surface area (Å²) in [4.78, 5) is 15.7. The Morgan fingerprint density at radius 1 is 1.41 bits per heavy atom. The van der Waals surface area contributed by atoms with Crippen LogP contribution < -0.4 is 5.32 Å². The van der Waals surface area contributed by atoms with E-state index in [0.29, 0.717) is 5.82 Å². The number of hydrogen-bond donors (Lipinski definition) is 1. The monoisotopic (exact) mass is 300 g/mol. The van der Waals surface area contributed by atoms with Gasteiger partial charge in [-0.2, -0.15) is 4.80 Å². The van der Waals surface area contributed by atoms with E-state index < -0.39 is 6.04 Å². The minimum absolute atomic E-state index is 0.00529. The van der Waals surface area contributed by atoms with E-state index >= 15 is 0 Å². The van der Waals surface area contributed by atoms with E-state index in [0.717, 1.165) is 25.1 Å². The summed E-state index contributed by atoms with van der Waals surface area (Å²) in [6, 6.07) is 9.40. The second-order valence-electron chi connectivity index (χ2n) is 5.57. The van der Waals surface area contributed by atoms with Crippen molar-refractivity contribution >= 4 is 5.91 Å². The van der Waals surface area contributed by atoms with Crippen molar-refractivity contribution in [2.75, 3.05) is 20.1 Å². The molecule has 2 heterocycles. The van der Waals surface area contributed by atoms with Crippen molar-refractivity contribution in [1.82, 2.24) is 30.4 Å². The third-order valence-corrected chi connectivity index (χ3v) is 4.09. The third kappa shape index (κ3) is 2.85. The molecule has 1 aromatic heterocycles. The van der Waals surface area contributed by atoms with Crippen LogP contribution in [-0.2, 0) is 4.79 Å². The van der Waals surface area contributed by atoms with Gasteiger partial charge in [-0.05, 0) is 25.1 Å². The fourth-order valence-corrected chi connectivity index (χ4v) is 2.64. The van der Waals surface area contributed by atoms with Gasteiger partial charge in [0.25, 0.3) is 0 Å². The Morgan fingerprint density at radius 2 is 2.18 bits per heavy atom. The minimum Gasteiger partial charge on any atom is -0.340 e. The van der Waals surface area contributed by atoms with Crippen molar-refractivity contribution in [2.24, 2.45) is 0 Å². The van der Waals surface area contributed by atoms with Crippen LogP contribution >= 0.6 is 0 Å². The van der Waals surface area contributed by atoms with E-state index in [2.05, 4.69) is 20.7 Å². The lowest BCUT2D eigenvalue weighted by molar-refractivity contribution is -0.135. The van der Waals surface area contributed by atoms with Crippen molar-refractivity contribution in [2.45, 2.75) is 25.4 Å². The summed E-state index contributed by atoms with van der Waals surface area (Å²) in [6.45, 7) is 3.60. The van der Waals surface area contributed by atoms with Crippen LogP contribution in [0.15, 0.2) is 30.3 Å². The lowest BCUT2D eigenvalue weighted by atomic mass is 10.2. The highest BCUT2D eigenvalue weighted by molar-refractivity contribution is 5.80. The Morgan fingerprint density at radius 3 is 2.86 bits per heavy atom. The average molecular weight is 300 g/mol. The zero-order chi connectivity index (χ0) is 15.5. The van der Waals surface area contributed by atoms with E-state index in [-0.39, 0.29) is 11.9 Å². The molecule has 2 unspecified atom stereocenters. The molecule has 3 rings (SSSR count). The Labute approximate surface area is 129 Å². The van der Waals surface area contributed by atoms with Gasteiger partial charge in [0.1, 0.15) is 6.04 Å². The van der Waals surface area contributed by atoms with Crippen molar-refractivity contribution in [3.63, 3.8) is 0 Å². The number of benzene rings is 1. The Kier molecular flexibility index (Phi) is 4.15. The third-order valence-electron chi connectivity index (χ3n) is 4.09. The van der Waals surface area contributed by atoms with E-state index in [1.165, 1.54) is 4.80 Å². The number of rotatable bonds is 4. The first-order chi connectivity index (χ1) is 10.7. The second kappa shape index (κ2) is 6.23. The van der Waals surface area contributed by atoms with Gasteiger partial charge in [0.2, 0.25) is 11.7 Å². The maximum Gasteiger partial charge on any atom is 0.249 e. The fraction of sp³-hybridized carbons (Fsp3) is 0.467. The molecule has 2 atom stereocenters. The van der Waals surface area contributed by atoms with Gasteiger partial charge >= 0.3 is 0 Å². The number of tetrazole rings is 1. The van der Waals surface area contributed by atoms with Gasteiger partial charge in [-0.3, -0.25) is 4.79 Å². The molecule has 22 heavy (non-hydrogen) atoms. The molecule has 116 valence electrons. The number of aromatic nitrogens is 4. The van der Waals surface area contributed by atoms with E-state index in [9.17, 15) is 4.79 Å². The quantitative estimate of drug-likeness (QED) is 0.900. The van der Waals surface area contributed by atoms with Gasteiger partial charge in [-0.25, -0.2) is 0 Å². The van der Waals surface area contributed by atoms with Crippen LogP contribution in [0.3, 0.4) is 0 Å². The summed E-state index contributed by atoms with van der Waals surface area (Å²) in [5, 5.41) is 15.7. The molecular weight excluding hydrogens is 280 g/mol. The molecule has 1 amide bonds. The predicted octanol–water partition coefficient (Wildman–Crippen LogP) is 0.721. The molecule has 0 aliphatic carbocycles. The van der Waals surface area contributed by atoms with Crippen LogP contribution in [0, 0.1) is 0 Å². The van der Waals surface area contributed by atoms with Gasteiger partial charge in [0, 0.05) is 25.2 Å². The Balaban J connectivity index is 1.73. The van der Waals surface area contributed by atoms with Gasteiger partial charge in [0.15, 0.2) is 0 Å². The predicted molar refractivity (Wildman–Crippen MR) is 82.0 cm³/mol. The smallest absolute Gasteiger partial charge is 0.249 e. The molecule has 0 bridgehead atoms. The molecule has 2 aromatic rings. The lowest BCUT2D eigenvalue weighted by Gasteiger charge is -2.26. The zero-order valence-electron chi connectivity index (χ0n) is 12.8. The highest BCUT2D eigenvalue weighted by atomic mass is 16.2. The van der Waals surface area contributed by atoms with Gasteiger partial charge in [-0.1, -0.05) is 30.3 Å². The molecule has 1 aromatic carbocycles. The maximum absolute atomic E-state index is 12.5. The topological polar surface area (TPSA) is 75.9 Å². The summed E-state index contributed by atoms with van der Waals surface area (Å²) in [6.07, 6.45) is 0.981. The highest BCUT2D eigenvalue weighted by Crippen LogP contribution is 2.16. The van der Waals surface area contributed by atoms with Gasteiger partial charge in [-0.15, -0.1) is 10.2 Å². The SMILES string of the molecule is CC(C(=O)N(C)C1CCNC1)n1nnc(-c2ccccc2)n1. The van der Waals surface area contributed by atoms with E-state index in [1.807, 2.05) is 37.4 Å². The summed E-state index contributed by atoms with van der Waals surface area (Å²) in [7, 11) is 1.84. The van der Waals surface area contributed by atoms with Crippen molar-refractivity contribution in [3.8, 4) is 11.4 Å². The zero-order valence-corrected chi connectivity index (χ0v) is 12.8. The minimum atomic E-state index is -0.462. The van der Waals surface area contributed by atoms with Gasteiger partial charge < -0.3 is 10.2 Å². The first kappa shape index (κ1) is 14.6. The number of nitrogens with one attached hydrogen (secondary N) is 1. The number of carbonyl (C=O) groups excluding carboxylic acids is 1. The number of nitrogens with zero attached hydrogens (tertiary/aromatic N) is 5. The van der Waals surface area contributed by atoms with Crippen LogP contribution in [0.5, 0.6) is 0 Å². The van der Waals surface area contributed by atoms with Crippen LogP contribution in [0.1, 0.15) is 19.4 Å². The average Bonchev–Trinajstić information content (AvgIpc) is 3.25. The second-order valence-corrected chi connectivity index (χ2v) is 5.57. The molecule has 0 radical (unpaired) electrons. The Hall–Kier alpha value is -2.28. The summed E-state index contributed by atoms with van der Waals surface area (Å²) in [5.41, 5.74) is 0.891. The number of amides is 1. The standard InChI is InChI=1S/C15H20N6O/c1-11(15(22)20(2)13-8-9-16-10-13)21-18-14(17-19-21)12-6-4-3-5-7-12/h3-7,11,13,16H,8-10H2,1-2H3. The fourth-order valence-electron chi connectivity index (χ4n) is 2.64. The highest BCUT2D eigenvalue weighted by Gasteiger charge is 2.28. The van der Waals surface area contributed by atoms with Crippen LogP contribution in [0.4, 0.5) is 0 Å². The normalized spacial score (nSPS) is 19.1. The number of hydrogen-bond acceptors (Lipinski definition) is 5. The maximum atomic E-state index is 12.5.